The van der Waals surface area contributed by atoms with Crippen LogP contribution in [0, 0.1) is 5.92 Å². The number of hydrogen-bond acceptors (Lipinski definition) is 3. The van der Waals surface area contributed by atoms with E-state index < -0.39 is 5.60 Å². The van der Waals surface area contributed by atoms with Gasteiger partial charge < -0.3 is 10.0 Å². The number of likely N-dealkylation sites (N-methyl/N-ethyl adjacent to an activating group) is 1. The van der Waals surface area contributed by atoms with E-state index in [2.05, 4.69) is 6.58 Å². The lowest BCUT2D eigenvalue weighted by Gasteiger charge is -2.41. The first-order valence-corrected chi connectivity index (χ1v) is 8.75. The number of carbonyl (C=O) groups is 1. The molecule has 0 spiro atoms. The van der Waals surface area contributed by atoms with E-state index in [-0.39, 0.29) is 5.91 Å². The van der Waals surface area contributed by atoms with Crippen LogP contribution in [0.3, 0.4) is 0 Å². The van der Waals surface area contributed by atoms with Crippen LogP contribution >= 0.6 is 0 Å². The highest BCUT2D eigenvalue weighted by atomic mass is 16.3. The van der Waals surface area contributed by atoms with Gasteiger partial charge in [0.25, 0.3) is 5.91 Å². The van der Waals surface area contributed by atoms with Crippen molar-refractivity contribution in [2.24, 2.45) is 5.92 Å². The second-order valence-corrected chi connectivity index (χ2v) is 7.52. The van der Waals surface area contributed by atoms with Crippen LogP contribution in [0.15, 0.2) is 12.2 Å². The number of nitrogens with zero attached hydrogens (tertiary/aromatic N) is 2. The third kappa shape index (κ3) is 4.56. The number of likely N-dealkylation sites (tertiary alicyclic amines) is 1. The average molecular weight is 308 g/mol. The van der Waals surface area contributed by atoms with Crippen molar-refractivity contribution < 1.29 is 9.90 Å². The molecule has 0 aromatic heterocycles. The summed E-state index contributed by atoms with van der Waals surface area (Å²) in [6, 6.07) is 0. The maximum atomic E-state index is 12.8. The molecule has 1 atom stereocenters. The Labute approximate surface area is 135 Å². The molecule has 0 aromatic rings. The minimum absolute atomic E-state index is 0.0575. The molecule has 126 valence electrons. The monoisotopic (exact) mass is 308 g/mol. The fourth-order valence-electron chi connectivity index (χ4n) is 4.03. The Hall–Kier alpha value is -0.870. The molecule has 2 rings (SSSR count). The molecule has 1 saturated carbocycles. The van der Waals surface area contributed by atoms with E-state index in [0.29, 0.717) is 18.9 Å². The molecule has 1 N–H and O–H groups in total. The molecule has 2 fully saturated rings. The lowest BCUT2D eigenvalue weighted by molar-refractivity contribution is -0.159. The fraction of sp³-hybridized carbons (Fsp3) is 0.833. The Kier molecular flexibility index (Phi) is 6.04. The Balaban J connectivity index is 1.94. The molecule has 1 heterocycles. The lowest BCUT2D eigenvalue weighted by atomic mass is 9.86. The predicted octanol–water partition coefficient (Wildman–Crippen LogP) is 2.43. The van der Waals surface area contributed by atoms with Crippen molar-refractivity contribution >= 4 is 5.91 Å². The Morgan fingerprint density at radius 3 is 2.68 bits per heavy atom. The summed E-state index contributed by atoms with van der Waals surface area (Å²) in [5.74, 6) is 0.575. The van der Waals surface area contributed by atoms with Crippen molar-refractivity contribution in [3.05, 3.63) is 12.2 Å². The normalized spacial score (nSPS) is 27.5. The molecule has 1 saturated heterocycles. The zero-order chi connectivity index (χ0) is 16.2. The van der Waals surface area contributed by atoms with Gasteiger partial charge in [0.15, 0.2) is 5.60 Å². The smallest absolute Gasteiger partial charge is 0.255 e. The molecule has 2 aliphatic rings. The van der Waals surface area contributed by atoms with Crippen molar-refractivity contribution in [2.75, 3.05) is 33.2 Å². The van der Waals surface area contributed by atoms with Crippen LogP contribution in [0.4, 0.5) is 0 Å². The average Bonchev–Trinajstić information content (AvgIpc) is 2.44. The van der Waals surface area contributed by atoms with Crippen molar-refractivity contribution in [1.29, 1.82) is 0 Å². The van der Waals surface area contributed by atoms with Crippen molar-refractivity contribution in [3.63, 3.8) is 0 Å². The molecule has 4 nitrogen and oxygen atoms in total. The first kappa shape index (κ1) is 17.5. The number of rotatable bonds is 6. The number of piperidine rings is 1. The van der Waals surface area contributed by atoms with Crippen molar-refractivity contribution in [3.8, 4) is 0 Å². The van der Waals surface area contributed by atoms with E-state index >= 15 is 0 Å². The number of hydrogen-bond donors (Lipinski definition) is 1. The van der Waals surface area contributed by atoms with Crippen LogP contribution in [-0.2, 0) is 4.79 Å². The summed E-state index contributed by atoms with van der Waals surface area (Å²) in [5.41, 5.74) is -0.162. The lowest BCUT2D eigenvalue weighted by Crippen LogP contribution is -2.59. The summed E-state index contributed by atoms with van der Waals surface area (Å²) < 4.78 is 0. The number of aliphatic hydroxyl groups is 1. The van der Waals surface area contributed by atoms with Crippen LogP contribution in [0.1, 0.15) is 51.9 Å². The van der Waals surface area contributed by atoms with Gasteiger partial charge in [0.1, 0.15) is 0 Å². The molecular formula is C18H32N2O2. The Bertz CT molecular complexity index is 404. The molecule has 1 amide bonds. The van der Waals surface area contributed by atoms with Gasteiger partial charge >= 0.3 is 0 Å². The summed E-state index contributed by atoms with van der Waals surface area (Å²) >= 11 is 0. The molecule has 4 heteroatoms. The second-order valence-electron chi connectivity index (χ2n) is 7.52. The van der Waals surface area contributed by atoms with Crippen molar-refractivity contribution in [2.45, 2.75) is 57.5 Å². The Morgan fingerprint density at radius 2 is 2.05 bits per heavy atom. The van der Waals surface area contributed by atoms with Gasteiger partial charge in [0, 0.05) is 26.2 Å². The first-order valence-electron chi connectivity index (χ1n) is 8.75. The van der Waals surface area contributed by atoms with Gasteiger partial charge in [-0.1, -0.05) is 31.4 Å². The van der Waals surface area contributed by atoms with E-state index in [1.807, 2.05) is 23.8 Å². The van der Waals surface area contributed by atoms with E-state index in [0.717, 1.165) is 31.6 Å². The summed E-state index contributed by atoms with van der Waals surface area (Å²) in [4.78, 5) is 16.7. The predicted molar refractivity (Wildman–Crippen MR) is 89.6 cm³/mol. The summed E-state index contributed by atoms with van der Waals surface area (Å²) in [5, 5.41) is 10.9. The standard InChI is InChI=1S/C18H32N2O2/c1-15(2)12-19(3)14-18(22)10-7-11-20(17(18)21)13-16-8-5-4-6-9-16/h16,22H,1,4-14H2,2-3H3. The molecule has 0 radical (unpaired) electrons. The highest BCUT2D eigenvalue weighted by Gasteiger charge is 2.43. The molecular weight excluding hydrogens is 276 g/mol. The third-order valence-electron chi connectivity index (χ3n) is 4.98. The zero-order valence-corrected chi connectivity index (χ0v) is 14.3. The van der Waals surface area contributed by atoms with Crippen LogP contribution in [0.25, 0.3) is 0 Å². The van der Waals surface area contributed by atoms with Crippen LogP contribution < -0.4 is 0 Å². The minimum Gasteiger partial charge on any atom is -0.379 e. The molecule has 1 aliphatic carbocycles. The quantitative estimate of drug-likeness (QED) is 0.767. The van der Waals surface area contributed by atoms with E-state index in [4.69, 9.17) is 0 Å². The van der Waals surface area contributed by atoms with Gasteiger partial charge in [-0.05, 0) is 45.6 Å². The maximum absolute atomic E-state index is 12.8. The van der Waals surface area contributed by atoms with E-state index in [1.54, 1.807) is 0 Å². The summed E-state index contributed by atoms with van der Waals surface area (Å²) in [6.07, 6.45) is 7.86. The SMILES string of the molecule is C=C(C)CN(C)CC1(O)CCCN(CC2CCCCC2)C1=O. The fourth-order valence-corrected chi connectivity index (χ4v) is 4.03. The largest absolute Gasteiger partial charge is 0.379 e. The first-order chi connectivity index (χ1) is 10.4. The van der Waals surface area contributed by atoms with Crippen LogP contribution in [0.5, 0.6) is 0 Å². The van der Waals surface area contributed by atoms with Crippen molar-refractivity contribution in [1.82, 2.24) is 9.80 Å². The summed E-state index contributed by atoms with van der Waals surface area (Å²) in [6.45, 7) is 8.64. The molecule has 0 bridgehead atoms. The van der Waals surface area contributed by atoms with E-state index in [9.17, 15) is 9.90 Å². The van der Waals surface area contributed by atoms with Crippen LogP contribution in [-0.4, -0.2) is 59.6 Å². The van der Waals surface area contributed by atoms with Gasteiger partial charge in [-0.2, -0.15) is 0 Å². The number of amides is 1. The summed E-state index contributed by atoms with van der Waals surface area (Å²) in [7, 11) is 1.94. The van der Waals surface area contributed by atoms with Gasteiger partial charge in [-0.25, -0.2) is 0 Å². The maximum Gasteiger partial charge on any atom is 0.255 e. The second kappa shape index (κ2) is 7.60. The van der Waals surface area contributed by atoms with Gasteiger partial charge in [-0.3, -0.25) is 9.69 Å². The zero-order valence-electron chi connectivity index (χ0n) is 14.3. The Morgan fingerprint density at radius 1 is 1.36 bits per heavy atom. The molecule has 0 aromatic carbocycles. The minimum atomic E-state index is -1.21. The van der Waals surface area contributed by atoms with Gasteiger partial charge in [0.05, 0.1) is 0 Å². The highest BCUT2D eigenvalue weighted by molar-refractivity contribution is 5.86. The molecule has 22 heavy (non-hydrogen) atoms. The molecule has 1 unspecified atom stereocenters. The van der Waals surface area contributed by atoms with Gasteiger partial charge in [0.2, 0.25) is 0 Å². The number of carbonyl (C=O) groups excluding carboxylic acids is 1. The van der Waals surface area contributed by atoms with E-state index in [1.165, 1.54) is 32.1 Å². The molecule has 1 aliphatic heterocycles. The third-order valence-corrected chi connectivity index (χ3v) is 4.98. The van der Waals surface area contributed by atoms with Crippen LogP contribution in [0.2, 0.25) is 0 Å². The highest BCUT2D eigenvalue weighted by Crippen LogP contribution is 2.29. The van der Waals surface area contributed by atoms with Gasteiger partial charge in [-0.15, -0.1) is 0 Å². The topological polar surface area (TPSA) is 43.8 Å².